The lowest BCUT2D eigenvalue weighted by molar-refractivity contribution is 0.346. The fraction of sp³-hybridized carbons (Fsp3) is 0.417. The Morgan fingerprint density at radius 1 is 1.50 bits per heavy atom. The number of hydrogen-bond acceptors (Lipinski definition) is 4. The van der Waals surface area contributed by atoms with Crippen LogP contribution in [0, 0.1) is 6.92 Å². The molecule has 0 fully saturated rings. The molecule has 16 heavy (non-hydrogen) atoms. The van der Waals surface area contributed by atoms with E-state index in [0.717, 1.165) is 23.2 Å². The van der Waals surface area contributed by atoms with Crippen molar-refractivity contribution in [3.05, 3.63) is 23.3 Å². The van der Waals surface area contributed by atoms with E-state index < -0.39 is 0 Å². The summed E-state index contributed by atoms with van der Waals surface area (Å²) in [5.74, 6) is 0.347. The highest BCUT2D eigenvalue weighted by molar-refractivity contribution is 5.91. The number of phenols is 1. The highest BCUT2D eigenvalue weighted by Gasteiger charge is 2.12. The summed E-state index contributed by atoms with van der Waals surface area (Å²) in [7, 11) is 0. The molecule has 1 aliphatic heterocycles. The third kappa shape index (κ3) is 1.96. The van der Waals surface area contributed by atoms with Crippen LogP contribution in [0.3, 0.4) is 0 Å². The van der Waals surface area contributed by atoms with E-state index in [4.69, 9.17) is 4.74 Å². The maximum absolute atomic E-state index is 9.69. The molecule has 1 aromatic carbocycles. The Balaban J connectivity index is 2.27. The molecule has 0 atom stereocenters. The number of nitrogens with one attached hydrogen (secondary N) is 1. The molecular formula is C12H16N2O2. The summed E-state index contributed by atoms with van der Waals surface area (Å²) < 4.78 is 5.29. The molecule has 0 aliphatic carbocycles. The zero-order valence-electron chi connectivity index (χ0n) is 9.58. The molecular weight excluding hydrogens is 204 g/mol. The van der Waals surface area contributed by atoms with Gasteiger partial charge in [-0.25, -0.2) is 4.99 Å². The molecule has 2 rings (SSSR count). The molecule has 2 N–H and O–H groups in total. The Labute approximate surface area is 95.0 Å². The second kappa shape index (κ2) is 4.43. The number of rotatable bonds is 2. The molecule has 1 aliphatic rings. The topological polar surface area (TPSA) is 53.8 Å². The van der Waals surface area contributed by atoms with E-state index in [2.05, 4.69) is 10.3 Å². The number of aliphatic imine (C=N–C) groups is 1. The lowest BCUT2D eigenvalue weighted by Gasteiger charge is -2.13. The first-order chi connectivity index (χ1) is 7.72. The Hall–Kier alpha value is -1.71. The van der Waals surface area contributed by atoms with E-state index in [1.54, 1.807) is 6.07 Å². The summed E-state index contributed by atoms with van der Waals surface area (Å²) in [5, 5.41) is 12.8. The minimum absolute atomic E-state index is 0.347. The summed E-state index contributed by atoms with van der Waals surface area (Å²) in [6, 6.07) is 4.10. The molecule has 0 saturated carbocycles. The van der Waals surface area contributed by atoms with Gasteiger partial charge in [-0.1, -0.05) is 6.92 Å². The smallest absolute Gasteiger partial charge is 0.289 e. The van der Waals surface area contributed by atoms with Crippen LogP contribution in [0.1, 0.15) is 18.1 Å². The standard InChI is InChI=1S/C12H16N2O2/c1-3-9-8(2)10(4-5-11(9)15)14-12-13-6-7-16-12/h4-5,15H,3,6-7H2,1-2H3,(H,13,14). The number of anilines is 1. The van der Waals surface area contributed by atoms with Crippen molar-refractivity contribution in [3.8, 4) is 5.75 Å². The van der Waals surface area contributed by atoms with Gasteiger partial charge in [0.15, 0.2) is 0 Å². The van der Waals surface area contributed by atoms with Crippen molar-refractivity contribution in [2.75, 3.05) is 18.5 Å². The van der Waals surface area contributed by atoms with E-state index >= 15 is 0 Å². The van der Waals surface area contributed by atoms with Crippen molar-refractivity contribution < 1.29 is 9.84 Å². The first-order valence-corrected chi connectivity index (χ1v) is 5.48. The van der Waals surface area contributed by atoms with Crippen LogP contribution in [0.5, 0.6) is 5.75 Å². The average molecular weight is 220 g/mol. The summed E-state index contributed by atoms with van der Waals surface area (Å²) >= 11 is 0. The van der Waals surface area contributed by atoms with E-state index in [1.807, 2.05) is 19.9 Å². The molecule has 86 valence electrons. The number of ether oxygens (including phenoxy) is 1. The van der Waals surface area contributed by atoms with Crippen LogP contribution in [0.4, 0.5) is 5.69 Å². The molecule has 1 heterocycles. The Morgan fingerprint density at radius 2 is 2.31 bits per heavy atom. The molecule has 0 bridgehead atoms. The minimum Gasteiger partial charge on any atom is -0.508 e. The number of amidine groups is 1. The zero-order chi connectivity index (χ0) is 11.5. The highest BCUT2D eigenvalue weighted by atomic mass is 16.5. The van der Waals surface area contributed by atoms with E-state index in [1.165, 1.54) is 0 Å². The van der Waals surface area contributed by atoms with Gasteiger partial charge in [-0.3, -0.25) is 0 Å². The van der Waals surface area contributed by atoms with Gasteiger partial charge in [-0.05, 0) is 36.6 Å². The SMILES string of the molecule is CCc1c(O)ccc(NC2=NCCO2)c1C. The fourth-order valence-corrected chi connectivity index (χ4v) is 1.85. The van der Waals surface area contributed by atoms with Crippen LogP contribution >= 0.6 is 0 Å². The second-order valence-electron chi connectivity index (χ2n) is 3.75. The van der Waals surface area contributed by atoms with Crippen LogP contribution < -0.4 is 5.32 Å². The van der Waals surface area contributed by atoms with Gasteiger partial charge in [0.1, 0.15) is 12.4 Å². The normalized spacial score (nSPS) is 14.5. The van der Waals surface area contributed by atoms with E-state index in [-0.39, 0.29) is 0 Å². The molecule has 4 nitrogen and oxygen atoms in total. The van der Waals surface area contributed by atoms with Gasteiger partial charge in [0.25, 0.3) is 6.02 Å². The molecule has 4 heteroatoms. The van der Waals surface area contributed by atoms with Crippen molar-refractivity contribution in [2.24, 2.45) is 4.99 Å². The van der Waals surface area contributed by atoms with Crippen LogP contribution in [-0.2, 0) is 11.2 Å². The number of nitrogens with zero attached hydrogens (tertiary/aromatic N) is 1. The number of hydrogen-bond donors (Lipinski definition) is 2. The number of aromatic hydroxyl groups is 1. The van der Waals surface area contributed by atoms with Gasteiger partial charge in [-0.15, -0.1) is 0 Å². The van der Waals surface area contributed by atoms with E-state index in [0.29, 0.717) is 24.9 Å². The first kappa shape index (κ1) is 10.8. The van der Waals surface area contributed by atoms with Gasteiger partial charge in [0.05, 0.1) is 6.54 Å². The number of phenolic OH excluding ortho intramolecular Hbond substituents is 1. The van der Waals surface area contributed by atoms with Crippen LogP contribution in [0.25, 0.3) is 0 Å². The third-order valence-electron chi connectivity index (χ3n) is 2.75. The zero-order valence-corrected chi connectivity index (χ0v) is 9.58. The highest BCUT2D eigenvalue weighted by Crippen LogP contribution is 2.27. The summed E-state index contributed by atoms with van der Waals surface area (Å²) in [5.41, 5.74) is 2.94. The van der Waals surface area contributed by atoms with Crippen molar-refractivity contribution in [1.82, 2.24) is 0 Å². The van der Waals surface area contributed by atoms with Gasteiger partial charge in [0, 0.05) is 5.69 Å². The van der Waals surface area contributed by atoms with Crippen molar-refractivity contribution in [3.63, 3.8) is 0 Å². The molecule has 0 aromatic heterocycles. The van der Waals surface area contributed by atoms with Crippen LogP contribution in [0.15, 0.2) is 17.1 Å². The summed E-state index contributed by atoms with van der Waals surface area (Å²) in [4.78, 5) is 4.17. The van der Waals surface area contributed by atoms with Crippen LogP contribution in [-0.4, -0.2) is 24.3 Å². The third-order valence-corrected chi connectivity index (χ3v) is 2.75. The van der Waals surface area contributed by atoms with Crippen molar-refractivity contribution in [2.45, 2.75) is 20.3 Å². The van der Waals surface area contributed by atoms with Gasteiger partial charge in [-0.2, -0.15) is 0 Å². The van der Waals surface area contributed by atoms with Gasteiger partial charge in [0.2, 0.25) is 0 Å². The maximum atomic E-state index is 9.69. The molecule has 0 amide bonds. The monoisotopic (exact) mass is 220 g/mol. The maximum Gasteiger partial charge on any atom is 0.289 e. The molecule has 0 unspecified atom stereocenters. The summed E-state index contributed by atoms with van der Waals surface area (Å²) in [6.07, 6.45) is 0.806. The molecule has 1 aromatic rings. The predicted octanol–water partition coefficient (Wildman–Crippen LogP) is 2.06. The Kier molecular flexibility index (Phi) is 2.99. The molecule has 0 radical (unpaired) electrons. The fourth-order valence-electron chi connectivity index (χ4n) is 1.85. The van der Waals surface area contributed by atoms with Crippen LogP contribution in [0.2, 0.25) is 0 Å². The predicted molar refractivity (Wildman–Crippen MR) is 64.1 cm³/mol. The largest absolute Gasteiger partial charge is 0.508 e. The quantitative estimate of drug-likeness (QED) is 0.750. The molecule has 0 spiro atoms. The summed E-state index contributed by atoms with van der Waals surface area (Å²) in [6.45, 7) is 5.35. The van der Waals surface area contributed by atoms with Gasteiger partial charge < -0.3 is 15.2 Å². The lowest BCUT2D eigenvalue weighted by Crippen LogP contribution is -2.13. The Morgan fingerprint density at radius 3 is 2.94 bits per heavy atom. The first-order valence-electron chi connectivity index (χ1n) is 5.48. The second-order valence-corrected chi connectivity index (χ2v) is 3.75. The minimum atomic E-state index is 0.347. The Bertz CT molecular complexity index is 427. The molecule has 0 saturated heterocycles. The number of benzene rings is 1. The van der Waals surface area contributed by atoms with Crippen molar-refractivity contribution in [1.29, 1.82) is 0 Å². The van der Waals surface area contributed by atoms with Gasteiger partial charge >= 0.3 is 0 Å². The van der Waals surface area contributed by atoms with E-state index in [9.17, 15) is 5.11 Å². The van der Waals surface area contributed by atoms with Crippen molar-refractivity contribution >= 4 is 11.7 Å². The lowest BCUT2D eigenvalue weighted by atomic mass is 10.0. The average Bonchev–Trinajstić information content (AvgIpc) is 2.76.